The normalized spacial score (nSPS) is 10.8. The van der Waals surface area contributed by atoms with Gasteiger partial charge in [0.25, 0.3) is 0 Å². The molecule has 0 fully saturated rings. The maximum atomic E-state index is 13.2. The van der Waals surface area contributed by atoms with Crippen LogP contribution in [0.4, 0.5) is 10.1 Å². The number of anilines is 1. The number of nitrogen functional groups attached to an aromatic ring is 1. The number of benzene rings is 1. The summed E-state index contributed by atoms with van der Waals surface area (Å²) in [5.41, 5.74) is 6.07. The van der Waals surface area contributed by atoms with Crippen LogP contribution in [0.25, 0.3) is 0 Å². The fourth-order valence-electron chi connectivity index (χ4n) is 1.10. The molecule has 0 saturated heterocycles. The summed E-state index contributed by atoms with van der Waals surface area (Å²) in [7, 11) is 0. The fourth-order valence-corrected chi connectivity index (χ4v) is 1.47. The molecule has 0 amide bonds. The topological polar surface area (TPSA) is 44.5 Å². The molecule has 2 N–H and O–H groups in total. The van der Waals surface area contributed by atoms with Crippen LogP contribution in [-0.2, 0) is 4.74 Å². The van der Waals surface area contributed by atoms with Crippen LogP contribution in [0.15, 0.2) is 16.6 Å². The van der Waals surface area contributed by atoms with Crippen molar-refractivity contribution in [1.29, 1.82) is 0 Å². The Morgan fingerprint density at radius 3 is 2.69 bits per heavy atom. The first kappa shape index (κ1) is 13.3. The van der Waals surface area contributed by atoms with Crippen LogP contribution in [-0.4, -0.2) is 19.3 Å². The molecule has 0 unspecified atom stereocenters. The summed E-state index contributed by atoms with van der Waals surface area (Å²) in [6.07, 6.45) is 0.155. The molecule has 16 heavy (non-hydrogen) atoms. The molecule has 0 aliphatic rings. The highest BCUT2D eigenvalue weighted by Crippen LogP contribution is 2.28. The highest BCUT2D eigenvalue weighted by molar-refractivity contribution is 9.10. The van der Waals surface area contributed by atoms with E-state index in [1.807, 2.05) is 13.8 Å². The van der Waals surface area contributed by atoms with Crippen LogP contribution in [0.5, 0.6) is 5.75 Å². The minimum Gasteiger partial charge on any atom is -0.489 e. The molecule has 0 saturated carbocycles. The Hall–Kier alpha value is -0.810. The zero-order valence-electron chi connectivity index (χ0n) is 9.30. The summed E-state index contributed by atoms with van der Waals surface area (Å²) in [4.78, 5) is 0. The minimum atomic E-state index is -0.394. The van der Waals surface area contributed by atoms with Crippen LogP contribution < -0.4 is 10.5 Å². The lowest BCUT2D eigenvalue weighted by Crippen LogP contribution is -2.12. The van der Waals surface area contributed by atoms with E-state index in [1.165, 1.54) is 12.1 Å². The van der Waals surface area contributed by atoms with Crippen molar-refractivity contribution >= 4 is 21.6 Å². The minimum absolute atomic E-state index is 0.155. The van der Waals surface area contributed by atoms with E-state index in [9.17, 15) is 4.39 Å². The van der Waals surface area contributed by atoms with Gasteiger partial charge in [0.2, 0.25) is 0 Å². The molecule has 0 spiro atoms. The van der Waals surface area contributed by atoms with E-state index in [0.29, 0.717) is 29.1 Å². The number of rotatable bonds is 5. The Kier molecular flexibility index (Phi) is 5.02. The van der Waals surface area contributed by atoms with Crippen LogP contribution in [0.2, 0.25) is 0 Å². The van der Waals surface area contributed by atoms with E-state index in [1.54, 1.807) is 0 Å². The van der Waals surface area contributed by atoms with Crippen LogP contribution in [0, 0.1) is 5.82 Å². The van der Waals surface area contributed by atoms with E-state index in [-0.39, 0.29) is 6.10 Å². The summed E-state index contributed by atoms with van der Waals surface area (Å²) >= 11 is 3.05. The molecule has 0 aliphatic carbocycles. The molecule has 1 aromatic carbocycles. The third-order valence-electron chi connectivity index (χ3n) is 1.84. The lowest BCUT2D eigenvalue weighted by molar-refractivity contribution is 0.0553. The van der Waals surface area contributed by atoms with Crippen molar-refractivity contribution < 1.29 is 13.9 Å². The second-order valence-electron chi connectivity index (χ2n) is 3.57. The van der Waals surface area contributed by atoms with Crippen molar-refractivity contribution in [2.24, 2.45) is 0 Å². The molecule has 90 valence electrons. The molecule has 5 heteroatoms. The van der Waals surface area contributed by atoms with Gasteiger partial charge in [-0.15, -0.1) is 0 Å². The van der Waals surface area contributed by atoms with Gasteiger partial charge in [-0.05, 0) is 35.8 Å². The van der Waals surface area contributed by atoms with Crippen molar-refractivity contribution in [2.45, 2.75) is 20.0 Å². The van der Waals surface area contributed by atoms with Crippen molar-refractivity contribution in [1.82, 2.24) is 0 Å². The Bertz CT molecular complexity index is 358. The molecular weight excluding hydrogens is 277 g/mol. The van der Waals surface area contributed by atoms with E-state index in [0.717, 1.165) is 0 Å². The average molecular weight is 292 g/mol. The van der Waals surface area contributed by atoms with Gasteiger partial charge in [0.05, 0.1) is 22.9 Å². The van der Waals surface area contributed by atoms with Crippen molar-refractivity contribution in [3.8, 4) is 5.75 Å². The molecule has 0 radical (unpaired) electrons. The first-order valence-corrected chi connectivity index (χ1v) is 5.79. The highest BCUT2D eigenvalue weighted by Gasteiger charge is 2.06. The van der Waals surface area contributed by atoms with Gasteiger partial charge in [-0.1, -0.05) is 0 Å². The van der Waals surface area contributed by atoms with Gasteiger partial charge < -0.3 is 15.2 Å². The Labute approximate surface area is 103 Å². The second-order valence-corrected chi connectivity index (χ2v) is 4.43. The Morgan fingerprint density at radius 1 is 1.38 bits per heavy atom. The zero-order chi connectivity index (χ0) is 12.1. The predicted molar refractivity (Wildman–Crippen MR) is 65.1 cm³/mol. The van der Waals surface area contributed by atoms with Gasteiger partial charge in [0.1, 0.15) is 18.2 Å². The number of nitrogens with two attached hydrogens (primary N) is 1. The second kappa shape index (κ2) is 6.06. The molecule has 0 heterocycles. The monoisotopic (exact) mass is 291 g/mol. The molecule has 3 nitrogen and oxygen atoms in total. The average Bonchev–Trinajstić information content (AvgIpc) is 2.19. The molecular formula is C11H15BrFNO2. The van der Waals surface area contributed by atoms with Crippen molar-refractivity contribution in [3.63, 3.8) is 0 Å². The summed E-state index contributed by atoms with van der Waals surface area (Å²) in [5.74, 6) is -0.0537. The first-order chi connectivity index (χ1) is 7.50. The largest absolute Gasteiger partial charge is 0.489 e. The van der Waals surface area contributed by atoms with Crippen molar-refractivity contribution in [3.05, 3.63) is 22.4 Å². The van der Waals surface area contributed by atoms with Gasteiger partial charge in [-0.3, -0.25) is 0 Å². The highest BCUT2D eigenvalue weighted by atomic mass is 79.9. The third-order valence-corrected chi connectivity index (χ3v) is 2.45. The maximum Gasteiger partial charge on any atom is 0.145 e. The summed E-state index contributed by atoms with van der Waals surface area (Å²) in [6, 6.07) is 2.74. The number of halogens is 2. The molecule has 1 rings (SSSR count). The van der Waals surface area contributed by atoms with E-state index in [2.05, 4.69) is 15.9 Å². The summed E-state index contributed by atoms with van der Waals surface area (Å²) in [5, 5.41) is 0. The first-order valence-electron chi connectivity index (χ1n) is 4.99. The standard InChI is InChI=1S/C11H15BrFNO2/c1-7(2)15-3-4-16-11-6-9(13)8(12)5-10(11)14/h5-7H,3-4,14H2,1-2H3. The maximum absolute atomic E-state index is 13.2. The molecule has 0 aliphatic heterocycles. The van der Waals surface area contributed by atoms with Gasteiger partial charge in [0, 0.05) is 6.07 Å². The Balaban J connectivity index is 2.51. The van der Waals surface area contributed by atoms with Crippen LogP contribution in [0.3, 0.4) is 0 Å². The molecule has 0 atom stereocenters. The predicted octanol–water partition coefficient (Wildman–Crippen LogP) is 2.97. The third kappa shape index (κ3) is 3.98. The molecule has 1 aromatic rings. The van der Waals surface area contributed by atoms with E-state index in [4.69, 9.17) is 15.2 Å². The Morgan fingerprint density at radius 2 is 2.06 bits per heavy atom. The number of hydrogen-bond donors (Lipinski definition) is 1. The van der Waals surface area contributed by atoms with Gasteiger partial charge in [-0.25, -0.2) is 4.39 Å². The van der Waals surface area contributed by atoms with E-state index < -0.39 is 5.82 Å². The molecule has 0 bridgehead atoms. The fraction of sp³-hybridized carbons (Fsp3) is 0.455. The SMILES string of the molecule is CC(C)OCCOc1cc(F)c(Br)cc1N. The summed E-state index contributed by atoms with van der Waals surface area (Å²) in [6.45, 7) is 4.68. The number of hydrogen-bond acceptors (Lipinski definition) is 3. The summed E-state index contributed by atoms with van der Waals surface area (Å²) < 4.78 is 24.1. The van der Waals surface area contributed by atoms with Gasteiger partial charge >= 0.3 is 0 Å². The lowest BCUT2D eigenvalue weighted by atomic mass is 10.3. The smallest absolute Gasteiger partial charge is 0.145 e. The lowest BCUT2D eigenvalue weighted by Gasteiger charge is -2.11. The number of ether oxygens (including phenoxy) is 2. The zero-order valence-corrected chi connectivity index (χ0v) is 10.9. The van der Waals surface area contributed by atoms with Crippen LogP contribution in [0.1, 0.15) is 13.8 Å². The van der Waals surface area contributed by atoms with Crippen molar-refractivity contribution in [2.75, 3.05) is 18.9 Å². The quantitative estimate of drug-likeness (QED) is 0.670. The van der Waals surface area contributed by atoms with E-state index >= 15 is 0 Å². The molecule has 0 aromatic heterocycles. The van der Waals surface area contributed by atoms with Gasteiger partial charge in [-0.2, -0.15) is 0 Å². The van der Waals surface area contributed by atoms with Crippen LogP contribution >= 0.6 is 15.9 Å². The van der Waals surface area contributed by atoms with Gasteiger partial charge in [0.15, 0.2) is 0 Å².